The van der Waals surface area contributed by atoms with Gasteiger partial charge in [-0.25, -0.2) is 4.98 Å². The van der Waals surface area contributed by atoms with E-state index < -0.39 is 0 Å². The van der Waals surface area contributed by atoms with Crippen LogP contribution in [0.3, 0.4) is 0 Å². The fourth-order valence-corrected chi connectivity index (χ4v) is 4.71. The summed E-state index contributed by atoms with van der Waals surface area (Å²) in [6.45, 7) is 4.65. The molecule has 0 bridgehead atoms. The summed E-state index contributed by atoms with van der Waals surface area (Å²) >= 11 is 1.59. The molecule has 27 heavy (non-hydrogen) atoms. The number of rotatable bonds is 6. The van der Waals surface area contributed by atoms with Crippen LogP contribution >= 0.6 is 11.3 Å². The molecule has 0 radical (unpaired) electrons. The SMILES string of the molecule is CCCNC(=O)CN(C)C(=O)Cn1cnc2sc3c(c2c1=O)CC[C@H](C)C3. The number of hydrogen-bond acceptors (Lipinski definition) is 5. The lowest BCUT2D eigenvalue weighted by Crippen LogP contribution is -2.41. The van der Waals surface area contributed by atoms with Crippen molar-refractivity contribution in [1.82, 2.24) is 19.8 Å². The summed E-state index contributed by atoms with van der Waals surface area (Å²) in [5, 5.41) is 3.41. The van der Waals surface area contributed by atoms with E-state index in [0.717, 1.165) is 36.1 Å². The van der Waals surface area contributed by atoms with Gasteiger partial charge < -0.3 is 10.2 Å². The molecule has 8 heteroatoms. The summed E-state index contributed by atoms with van der Waals surface area (Å²) < 4.78 is 1.36. The zero-order valence-corrected chi connectivity index (χ0v) is 16.9. The van der Waals surface area contributed by atoms with Crippen LogP contribution in [0.25, 0.3) is 10.2 Å². The summed E-state index contributed by atoms with van der Waals surface area (Å²) in [6.07, 6.45) is 5.24. The van der Waals surface area contributed by atoms with Crippen LogP contribution in [0.4, 0.5) is 0 Å². The van der Waals surface area contributed by atoms with E-state index in [1.807, 2.05) is 6.92 Å². The summed E-state index contributed by atoms with van der Waals surface area (Å²) in [6, 6.07) is 0. The first-order valence-electron chi connectivity index (χ1n) is 9.41. The first-order chi connectivity index (χ1) is 12.9. The Bertz CT molecular complexity index is 918. The number of thiophene rings is 1. The number of nitrogens with one attached hydrogen (secondary N) is 1. The minimum atomic E-state index is -0.289. The molecule has 2 heterocycles. The fourth-order valence-electron chi connectivity index (χ4n) is 3.37. The molecule has 2 amide bonds. The lowest BCUT2D eigenvalue weighted by Gasteiger charge is -2.18. The van der Waals surface area contributed by atoms with E-state index in [-0.39, 0.29) is 30.5 Å². The van der Waals surface area contributed by atoms with Gasteiger partial charge in [0.15, 0.2) is 0 Å². The molecule has 0 spiro atoms. The molecule has 0 saturated heterocycles. The Hall–Kier alpha value is -2.22. The van der Waals surface area contributed by atoms with Crippen molar-refractivity contribution in [2.45, 2.75) is 46.1 Å². The first-order valence-corrected chi connectivity index (χ1v) is 10.2. The van der Waals surface area contributed by atoms with Crippen LogP contribution in [0.1, 0.15) is 37.1 Å². The molecule has 0 unspecified atom stereocenters. The van der Waals surface area contributed by atoms with Crippen LogP contribution in [0.5, 0.6) is 0 Å². The van der Waals surface area contributed by atoms with E-state index in [2.05, 4.69) is 17.2 Å². The molecular formula is C19H26N4O3S. The van der Waals surface area contributed by atoms with Gasteiger partial charge in [-0.2, -0.15) is 0 Å². The highest BCUT2D eigenvalue weighted by Crippen LogP contribution is 2.35. The van der Waals surface area contributed by atoms with Gasteiger partial charge in [-0.05, 0) is 37.2 Å². The maximum atomic E-state index is 12.9. The van der Waals surface area contributed by atoms with Crippen molar-refractivity contribution in [3.05, 3.63) is 27.1 Å². The van der Waals surface area contributed by atoms with Gasteiger partial charge in [0, 0.05) is 18.5 Å². The zero-order chi connectivity index (χ0) is 19.6. The van der Waals surface area contributed by atoms with Gasteiger partial charge in [0.25, 0.3) is 5.56 Å². The molecule has 0 fully saturated rings. The van der Waals surface area contributed by atoms with E-state index in [1.54, 1.807) is 18.4 Å². The zero-order valence-electron chi connectivity index (χ0n) is 16.1. The Balaban J connectivity index is 1.77. The van der Waals surface area contributed by atoms with Crippen molar-refractivity contribution in [2.75, 3.05) is 20.1 Å². The van der Waals surface area contributed by atoms with E-state index >= 15 is 0 Å². The normalized spacial score (nSPS) is 16.2. The Kier molecular flexibility index (Phi) is 5.94. The third-order valence-electron chi connectivity index (χ3n) is 4.97. The maximum Gasteiger partial charge on any atom is 0.262 e. The molecule has 0 aromatic carbocycles. The second-order valence-electron chi connectivity index (χ2n) is 7.31. The summed E-state index contributed by atoms with van der Waals surface area (Å²) in [4.78, 5) is 44.9. The van der Waals surface area contributed by atoms with Gasteiger partial charge in [-0.1, -0.05) is 13.8 Å². The second kappa shape index (κ2) is 8.21. The third kappa shape index (κ3) is 4.21. The first kappa shape index (κ1) is 19.5. The molecule has 0 aliphatic heterocycles. The fraction of sp³-hybridized carbons (Fsp3) is 0.579. The number of aryl methyl sites for hydroxylation is 1. The standard InChI is InChI=1S/C19H26N4O3S/c1-4-7-20-15(24)9-22(3)16(25)10-23-11-21-18-17(19(23)26)13-6-5-12(2)8-14(13)27-18/h11-12H,4-10H2,1-3H3,(H,20,24)/t12-/m0/s1. The van der Waals surface area contributed by atoms with Crippen molar-refractivity contribution in [3.8, 4) is 0 Å². The summed E-state index contributed by atoms with van der Waals surface area (Å²) in [5.41, 5.74) is 0.948. The van der Waals surface area contributed by atoms with Crippen molar-refractivity contribution in [3.63, 3.8) is 0 Å². The van der Waals surface area contributed by atoms with Gasteiger partial charge in [0.05, 0.1) is 18.3 Å². The predicted octanol–water partition coefficient (Wildman–Crippen LogP) is 1.57. The van der Waals surface area contributed by atoms with E-state index in [4.69, 9.17) is 0 Å². The van der Waals surface area contributed by atoms with Gasteiger partial charge in [0.1, 0.15) is 11.4 Å². The molecule has 0 saturated carbocycles. The Labute approximate surface area is 162 Å². The van der Waals surface area contributed by atoms with Gasteiger partial charge >= 0.3 is 0 Å². The largest absolute Gasteiger partial charge is 0.355 e. The molecule has 1 aliphatic rings. The van der Waals surface area contributed by atoms with Crippen molar-refractivity contribution >= 4 is 33.4 Å². The molecule has 146 valence electrons. The highest BCUT2D eigenvalue weighted by Gasteiger charge is 2.23. The number of carbonyl (C=O) groups is 2. The van der Waals surface area contributed by atoms with Crippen molar-refractivity contribution in [2.24, 2.45) is 5.92 Å². The number of hydrogen-bond donors (Lipinski definition) is 1. The average Bonchev–Trinajstić information content (AvgIpc) is 3.00. The van der Waals surface area contributed by atoms with Crippen molar-refractivity contribution in [1.29, 1.82) is 0 Å². The molecule has 3 rings (SSSR count). The van der Waals surface area contributed by atoms with Crippen LogP contribution in [-0.4, -0.2) is 46.4 Å². The van der Waals surface area contributed by atoms with Crippen LogP contribution in [0, 0.1) is 5.92 Å². The summed E-state index contributed by atoms with van der Waals surface area (Å²) in [7, 11) is 1.57. The summed E-state index contributed by atoms with van der Waals surface area (Å²) in [5.74, 6) is 0.138. The van der Waals surface area contributed by atoms with E-state index in [9.17, 15) is 14.4 Å². The number of nitrogens with zero attached hydrogens (tertiary/aromatic N) is 3. The number of aromatic nitrogens is 2. The molecule has 1 N–H and O–H groups in total. The van der Waals surface area contributed by atoms with Crippen LogP contribution < -0.4 is 10.9 Å². The van der Waals surface area contributed by atoms with Crippen LogP contribution in [0.15, 0.2) is 11.1 Å². The van der Waals surface area contributed by atoms with Gasteiger partial charge in [0.2, 0.25) is 11.8 Å². The number of fused-ring (bicyclic) bond motifs is 3. The molecule has 7 nitrogen and oxygen atoms in total. The lowest BCUT2D eigenvalue weighted by molar-refractivity contribution is -0.135. The topological polar surface area (TPSA) is 84.3 Å². The maximum absolute atomic E-state index is 12.9. The molecule has 1 aliphatic carbocycles. The monoisotopic (exact) mass is 390 g/mol. The third-order valence-corrected chi connectivity index (χ3v) is 6.13. The highest BCUT2D eigenvalue weighted by molar-refractivity contribution is 7.18. The molecule has 2 aromatic rings. The van der Waals surface area contributed by atoms with Gasteiger partial charge in [-0.3, -0.25) is 19.0 Å². The number of amides is 2. The van der Waals surface area contributed by atoms with Gasteiger partial charge in [-0.15, -0.1) is 11.3 Å². The average molecular weight is 391 g/mol. The number of carbonyl (C=O) groups excluding carboxylic acids is 2. The molecule has 1 atom stereocenters. The Morgan fingerprint density at radius 2 is 2.22 bits per heavy atom. The highest BCUT2D eigenvalue weighted by atomic mass is 32.1. The Morgan fingerprint density at radius 1 is 1.44 bits per heavy atom. The molecule has 2 aromatic heterocycles. The minimum Gasteiger partial charge on any atom is -0.355 e. The van der Waals surface area contributed by atoms with E-state index in [0.29, 0.717) is 17.8 Å². The van der Waals surface area contributed by atoms with Crippen molar-refractivity contribution < 1.29 is 9.59 Å². The predicted molar refractivity (Wildman–Crippen MR) is 106 cm³/mol. The van der Waals surface area contributed by atoms with E-state index in [1.165, 1.54) is 20.7 Å². The number of likely N-dealkylation sites (N-methyl/N-ethyl adjacent to an activating group) is 1. The second-order valence-corrected chi connectivity index (χ2v) is 8.39. The lowest BCUT2D eigenvalue weighted by atomic mass is 9.89. The van der Waals surface area contributed by atoms with Crippen LogP contribution in [-0.2, 0) is 29.0 Å². The Morgan fingerprint density at radius 3 is 2.96 bits per heavy atom. The van der Waals surface area contributed by atoms with Crippen LogP contribution in [0.2, 0.25) is 0 Å². The quantitative estimate of drug-likeness (QED) is 0.811. The minimum absolute atomic E-state index is 0.0189. The molecular weight excluding hydrogens is 364 g/mol. The smallest absolute Gasteiger partial charge is 0.262 e.